The minimum atomic E-state index is 0.287. The first kappa shape index (κ1) is 14.5. The van der Waals surface area contributed by atoms with Crippen molar-refractivity contribution in [2.45, 2.75) is 59.9 Å². The molecular weight excluding hydrogens is 234 g/mol. The summed E-state index contributed by atoms with van der Waals surface area (Å²) in [5.41, 5.74) is 0.287. The van der Waals surface area contributed by atoms with Gasteiger partial charge >= 0.3 is 0 Å². The molecule has 0 spiro atoms. The van der Waals surface area contributed by atoms with Gasteiger partial charge in [0.05, 0.1) is 5.88 Å². The van der Waals surface area contributed by atoms with Crippen LogP contribution in [0.2, 0.25) is 0 Å². The van der Waals surface area contributed by atoms with Crippen LogP contribution in [0.1, 0.15) is 59.2 Å². The van der Waals surface area contributed by atoms with Crippen molar-refractivity contribution in [2.24, 2.45) is 11.3 Å². The molecule has 0 amide bonds. The number of aromatic nitrogens is 3. The zero-order valence-electron chi connectivity index (χ0n) is 11.8. The average Bonchev–Trinajstić information content (AvgIpc) is 2.59. The maximum atomic E-state index is 5.89. The summed E-state index contributed by atoms with van der Waals surface area (Å²) in [5.74, 6) is 2.91. The van der Waals surface area contributed by atoms with Crippen molar-refractivity contribution in [3.8, 4) is 0 Å². The highest BCUT2D eigenvalue weighted by molar-refractivity contribution is 6.16. The number of nitrogens with zero attached hydrogens (tertiary/aromatic N) is 3. The zero-order chi connectivity index (χ0) is 13.2. The predicted molar refractivity (Wildman–Crippen MR) is 72.3 cm³/mol. The van der Waals surface area contributed by atoms with E-state index < -0.39 is 0 Å². The molecule has 3 nitrogen and oxygen atoms in total. The number of rotatable bonds is 4. The minimum absolute atomic E-state index is 0.287. The summed E-state index contributed by atoms with van der Waals surface area (Å²) in [5, 5.41) is 8.46. The Labute approximate surface area is 110 Å². The highest BCUT2D eigenvalue weighted by atomic mass is 35.5. The van der Waals surface area contributed by atoms with E-state index in [0.29, 0.717) is 17.8 Å². The van der Waals surface area contributed by atoms with E-state index in [1.807, 2.05) is 0 Å². The van der Waals surface area contributed by atoms with Crippen molar-refractivity contribution in [3.05, 3.63) is 11.6 Å². The molecule has 0 aliphatic heterocycles. The zero-order valence-corrected chi connectivity index (χ0v) is 12.5. The molecule has 1 rings (SSSR count). The maximum Gasteiger partial charge on any atom is 0.148 e. The molecule has 0 fully saturated rings. The SMILES string of the molecule is CC(C)n1c(CCl)nnc1CC(C)C(C)(C)C. The van der Waals surface area contributed by atoms with Gasteiger partial charge in [0.1, 0.15) is 11.6 Å². The molecule has 1 aromatic heterocycles. The van der Waals surface area contributed by atoms with Crippen molar-refractivity contribution >= 4 is 11.6 Å². The van der Waals surface area contributed by atoms with Crippen LogP contribution in [0.3, 0.4) is 0 Å². The normalized spacial score (nSPS) is 14.4. The summed E-state index contributed by atoms with van der Waals surface area (Å²) in [6, 6.07) is 0.362. The molecule has 1 aromatic rings. The van der Waals surface area contributed by atoms with Gasteiger partial charge in [-0.25, -0.2) is 0 Å². The third-order valence-corrected chi connectivity index (χ3v) is 3.68. The first-order valence-corrected chi connectivity index (χ1v) is 6.79. The lowest BCUT2D eigenvalue weighted by Gasteiger charge is -2.27. The maximum absolute atomic E-state index is 5.89. The minimum Gasteiger partial charge on any atom is -0.311 e. The van der Waals surface area contributed by atoms with Gasteiger partial charge in [-0.1, -0.05) is 27.7 Å². The molecular formula is C13H24ClN3. The fourth-order valence-electron chi connectivity index (χ4n) is 1.77. The second kappa shape index (κ2) is 5.38. The molecule has 1 atom stereocenters. The summed E-state index contributed by atoms with van der Waals surface area (Å²) in [7, 11) is 0. The Morgan fingerprint density at radius 1 is 1.12 bits per heavy atom. The van der Waals surface area contributed by atoms with E-state index in [1.165, 1.54) is 0 Å². The highest BCUT2D eigenvalue weighted by Crippen LogP contribution is 2.28. The van der Waals surface area contributed by atoms with E-state index in [1.54, 1.807) is 0 Å². The fourth-order valence-corrected chi connectivity index (χ4v) is 1.95. The fraction of sp³-hybridized carbons (Fsp3) is 0.846. The van der Waals surface area contributed by atoms with Gasteiger partial charge in [0.15, 0.2) is 0 Å². The van der Waals surface area contributed by atoms with Crippen LogP contribution in [-0.4, -0.2) is 14.8 Å². The van der Waals surface area contributed by atoms with E-state index in [-0.39, 0.29) is 5.41 Å². The molecule has 17 heavy (non-hydrogen) atoms. The van der Waals surface area contributed by atoms with Crippen LogP contribution in [0.5, 0.6) is 0 Å². The molecule has 0 radical (unpaired) electrons. The average molecular weight is 258 g/mol. The molecule has 1 heterocycles. The van der Waals surface area contributed by atoms with Crippen LogP contribution in [0.15, 0.2) is 0 Å². The van der Waals surface area contributed by atoms with Crippen molar-refractivity contribution in [1.82, 2.24) is 14.8 Å². The third kappa shape index (κ3) is 3.44. The van der Waals surface area contributed by atoms with Gasteiger partial charge in [-0.3, -0.25) is 0 Å². The number of alkyl halides is 1. The van der Waals surface area contributed by atoms with Crippen LogP contribution in [-0.2, 0) is 12.3 Å². The van der Waals surface area contributed by atoms with Gasteiger partial charge in [-0.05, 0) is 25.2 Å². The first-order valence-electron chi connectivity index (χ1n) is 6.26. The lowest BCUT2D eigenvalue weighted by atomic mass is 9.80. The van der Waals surface area contributed by atoms with Gasteiger partial charge in [0.25, 0.3) is 0 Å². The van der Waals surface area contributed by atoms with Crippen molar-refractivity contribution < 1.29 is 0 Å². The third-order valence-electron chi connectivity index (χ3n) is 3.44. The van der Waals surface area contributed by atoms with Gasteiger partial charge in [0, 0.05) is 12.5 Å². The number of halogens is 1. The lowest BCUT2D eigenvalue weighted by molar-refractivity contribution is 0.253. The molecule has 0 N–H and O–H groups in total. The van der Waals surface area contributed by atoms with E-state index in [0.717, 1.165) is 18.1 Å². The Kier molecular flexibility index (Phi) is 4.59. The molecule has 4 heteroatoms. The quantitative estimate of drug-likeness (QED) is 0.768. The van der Waals surface area contributed by atoms with Crippen LogP contribution in [0.4, 0.5) is 0 Å². The molecule has 1 unspecified atom stereocenters. The molecule has 0 aromatic carbocycles. The van der Waals surface area contributed by atoms with E-state index in [2.05, 4.69) is 56.3 Å². The number of hydrogen-bond donors (Lipinski definition) is 0. The Hall–Kier alpha value is -0.570. The van der Waals surface area contributed by atoms with Crippen molar-refractivity contribution in [1.29, 1.82) is 0 Å². The largest absolute Gasteiger partial charge is 0.311 e. The van der Waals surface area contributed by atoms with E-state index >= 15 is 0 Å². The summed E-state index contributed by atoms with van der Waals surface area (Å²) in [6.45, 7) is 13.3. The summed E-state index contributed by atoms with van der Waals surface area (Å²) >= 11 is 5.89. The van der Waals surface area contributed by atoms with Crippen LogP contribution >= 0.6 is 11.6 Å². The monoisotopic (exact) mass is 257 g/mol. The van der Waals surface area contributed by atoms with Gasteiger partial charge < -0.3 is 4.57 Å². The van der Waals surface area contributed by atoms with Gasteiger partial charge in [-0.2, -0.15) is 0 Å². The van der Waals surface area contributed by atoms with Crippen molar-refractivity contribution in [2.75, 3.05) is 0 Å². The van der Waals surface area contributed by atoms with Crippen LogP contribution < -0.4 is 0 Å². The topological polar surface area (TPSA) is 30.7 Å². The van der Waals surface area contributed by atoms with Gasteiger partial charge in [-0.15, -0.1) is 21.8 Å². The van der Waals surface area contributed by atoms with Gasteiger partial charge in [0.2, 0.25) is 0 Å². The van der Waals surface area contributed by atoms with Crippen LogP contribution in [0.25, 0.3) is 0 Å². The molecule has 0 bridgehead atoms. The second-order valence-corrected chi connectivity index (χ2v) is 6.37. The van der Waals surface area contributed by atoms with E-state index in [9.17, 15) is 0 Å². The summed E-state index contributed by atoms with van der Waals surface area (Å²) in [6.07, 6.45) is 0.950. The predicted octanol–water partition coefficient (Wildman–Crippen LogP) is 3.82. The Bertz CT molecular complexity index is 363. The Morgan fingerprint density at radius 2 is 1.65 bits per heavy atom. The lowest BCUT2D eigenvalue weighted by Crippen LogP contribution is -2.22. The molecule has 0 aliphatic rings. The highest BCUT2D eigenvalue weighted by Gasteiger charge is 2.24. The summed E-state index contributed by atoms with van der Waals surface area (Å²) in [4.78, 5) is 0. The standard InChI is InChI=1S/C13H24ClN3/c1-9(2)17-11(15-16-12(17)8-14)7-10(3)13(4,5)6/h9-10H,7-8H2,1-6H3. The smallest absolute Gasteiger partial charge is 0.148 e. The van der Waals surface area contributed by atoms with Crippen LogP contribution in [0, 0.1) is 11.3 Å². The molecule has 0 saturated heterocycles. The second-order valence-electron chi connectivity index (χ2n) is 6.10. The molecule has 0 aliphatic carbocycles. The Balaban J connectivity index is 2.95. The molecule has 98 valence electrons. The summed E-state index contributed by atoms with van der Waals surface area (Å²) < 4.78 is 2.16. The first-order chi connectivity index (χ1) is 7.77. The van der Waals surface area contributed by atoms with E-state index in [4.69, 9.17) is 11.6 Å². The Morgan fingerprint density at radius 3 is 2.06 bits per heavy atom. The molecule has 0 saturated carbocycles. The number of hydrogen-bond acceptors (Lipinski definition) is 2. The van der Waals surface area contributed by atoms with Crippen molar-refractivity contribution in [3.63, 3.8) is 0 Å².